The van der Waals surface area contributed by atoms with E-state index in [-0.39, 0.29) is 35.3 Å². The highest BCUT2D eigenvalue weighted by Crippen LogP contribution is 2.33. The van der Waals surface area contributed by atoms with E-state index in [1.54, 1.807) is 0 Å². The van der Waals surface area contributed by atoms with Crippen molar-refractivity contribution in [2.75, 3.05) is 13.7 Å². The third kappa shape index (κ3) is 4.11. The Morgan fingerprint density at radius 3 is 2.48 bits per heavy atom. The number of ether oxygens (including phenoxy) is 1. The highest BCUT2D eigenvalue weighted by molar-refractivity contribution is 7.89. The zero-order chi connectivity index (χ0) is 16.4. The number of benzene rings is 1. The summed E-state index contributed by atoms with van der Waals surface area (Å²) < 4.78 is 32.9. The molecule has 1 aromatic carbocycles. The van der Waals surface area contributed by atoms with Crippen LogP contribution in [-0.2, 0) is 10.0 Å². The lowest BCUT2D eigenvalue weighted by atomic mass is 10.0. The maximum atomic E-state index is 12.6. The van der Waals surface area contributed by atoms with Crippen LogP contribution in [-0.4, -0.2) is 32.5 Å². The molecule has 0 saturated heterocycles. The Morgan fingerprint density at radius 1 is 1.39 bits per heavy atom. The predicted octanol–water partition coefficient (Wildman–Crippen LogP) is 1.57. The molecular weight excluding hydrogens is 346 g/mol. The molecule has 0 amide bonds. The molecule has 0 spiro atoms. The van der Waals surface area contributed by atoms with Crippen LogP contribution in [0.15, 0.2) is 23.1 Å². The van der Waals surface area contributed by atoms with Crippen LogP contribution in [0.3, 0.4) is 0 Å². The molecule has 0 radical (unpaired) electrons. The van der Waals surface area contributed by atoms with Gasteiger partial charge in [0.25, 0.3) is 5.69 Å². The van der Waals surface area contributed by atoms with E-state index in [2.05, 4.69) is 4.72 Å². The van der Waals surface area contributed by atoms with E-state index >= 15 is 0 Å². The van der Waals surface area contributed by atoms with E-state index in [4.69, 9.17) is 10.5 Å². The monoisotopic (exact) mass is 365 g/mol. The van der Waals surface area contributed by atoms with E-state index in [0.29, 0.717) is 12.8 Å². The lowest BCUT2D eigenvalue weighted by Gasteiger charge is -2.28. The molecule has 1 fully saturated rings. The molecule has 0 bridgehead atoms. The Bertz CT molecular complexity index is 674. The first kappa shape index (κ1) is 19.6. The molecule has 2 rings (SSSR count). The van der Waals surface area contributed by atoms with Gasteiger partial charge in [-0.25, -0.2) is 13.1 Å². The normalized spacial score (nSPS) is 16.6. The summed E-state index contributed by atoms with van der Waals surface area (Å²) in [5, 5.41) is 10.9. The van der Waals surface area contributed by atoms with E-state index in [0.717, 1.165) is 18.9 Å². The first-order valence-electron chi connectivity index (χ1n) is 6.90. The van der Waals surface area contributed by atoms with Crippen LogP contribution >= 0.6 is 12.4 Å². The Hall–Kier alpha value is -1.42. The van der Waals surface area contributed by atoms with Gasteiger partial charge in [-0.15, -0.1) is 12.4 Å². The number of nitro benzene ring substituents is 1. The minimum absolute atomic E-state index is 0. The van der Waals surface area contributed by atoms with Crippen molar-refractivity contribution in [2.45, 2.75) is 36.1 Å². The van der Waals surface area contributed by atoms with Gasteiger partial charge in [0.1, 0.15) is 10.6 Å². The van der Waals surface area contributed by atoms with Crippen LogP contribution in [0.1, 0.15) is 25.7 Å². The molecule has 3 N–H and O–H groups in total. The van der Waals surface area contributed by atoms with Crippen molar-refractivity contribution in [1.29, 1.82) is 0 Å². The maximum absolute atomic E-state index is 12.6. The van der Waals surface area contributed by atoms with Crippen molar-refractivity contribution in [1.82, 2.24) is 4.72 Å². The molecule has 0 aliphatic heterocycles. The quantitative estimate of drug-likeness (QED) is 0.582. The van der Waals surface area contributed by atoms with Crippen molar-refractivity contribution < 1.29 is 18.1 Å². The SMILES string of the molecule is COc1ccc([N+](=O)[O-])cc1S(=O)(=O)NC1(CN)CCCC1.Cl. The van der Waals surface area contributed by atoms with Gasteiger partial charge in [0, 0.05) is 24.2 Å². The second-order valence-corrected chi connectivity index (χ2v) is 7.04. The number of rotatable bonds is 6. The summed E-state index contributed by atoms with van der Waals surface area (Å²) in [7, 11) is -2.66. The number of nitro groups is 1. The van der Waals surface area contributed by atoms with Crippen molar-refractivity contribution in [2.24, 2.45) is 5.73 Å². The van der Waals surface area contributed by atoms with Gasteiger partial charge >= 0.3 is 0 Å². The zero-order valence-corrected chi connectivity index (χ0v) is 14.3. The van der Waals surface area contributed by atoms with Gasteiger partial charge in [-0.2, -0.15) is 0 Å². The summed E-state index contributed by atoms with van der Waals surface area (Å²) in [4.78, 5) is 9.98. The smallest absolute Gasteiger partial charge is 0.271 e. The average molecular weight is 366 g/mol. The van der Waals surface area contributed by atoms with Gasteiger partial charge in [0.15, 0.2) is 0 Å². The Morgan fingerprint density at radius 2 is 2.00 bits per heavy atom. The van der Waals surface area contributed by atoms with Crippen molar-refractivity contribution in [3.8, 4) is 5.75 Å². The molecule has 1 aliphatic carbocycles. The molecule has 0 atom stereocenters. The van der Waals surface area contributed by atoms with Crippen LogP contribution in [0.4, 0.5) is 5.69 Å². The minimum Gasteiger partial charge on any atom is -0.495 e. The van der Waals surface area contributed by atoms with E-state index < -0.39 is 20.5 Å². The molecule has 10 heteroatoms. The first-order chi connectivity index (χ1) is 10.3. The minimum atomic E-state index is -3.97. The highest BCUT2D eigenvalue weighted by atomic mass is 35.5. The first-order valence-corrected chi connectivity index (χ1v) is 8.38. The summed E-state index contributed by atoms with van der Waals surface area (Å²) in [5.74, 6) is 0.0586. The number of halogens is 1. The number of nitrogens with two attached hydrogens (primary N) is 1. The molecule has 0 aromatic heterocycles. The summed E-state index contributed by atoms with van der Waals surface area (Å²) >= 11 is 0. The lowest BCUT2D eigenvalue weighted by molar-refractivity contribution is -0.385. The lowest BCUT2D eigenvalue weighted by Crippen LogP contribution is -2.51. The van der Waals surface area contributed by atoms with Crippen molar-refractivity contribution in [3.05, 3.63) is 28.3 Å². The molecule has 8 nitrogen and oxygen atoms in total. The Kier molecular flexibility index (Phi) is 6.34. The van der Waals surface area contributed by atoms with E-state index in [1.165, 1.54) is 19.2 Å². The third-order valence-electron chi connectivity index (χ3n) is 3.95. The van der Waals surface area contributed by atoms with Gasteiger partial charge < -0.3 is 10.5 Å². The standard InChI is InChI=1S/C13H19N3O5S.ClH/c1-21-11-5-4-10(16(17)18)8-12(11)22(19,20)15-13(9-14)6-2-3-7-13;/h4-5,8,15H,2-3,6-7,9,14H2,1H3;1H. The van der Waals surface area contributed by atoms with Gasteiger partial charge in [-0.3, -0.25) is 10.1 Å². The van der Waals surface area contributed by atoms with Gasteiger partial charge in [-0.05, 0) is 18.9 Å². The number of non-ortho nitro benzene ring substituents is 1. The number of hydrogen-bond acceptors (Lipinski definition) is 6. The molecule has 0 unspecified atom stereocenters. The predicted molar refractivity (Wildman–Crippen MR) is 87.5 cm³/mol. The summed E-state index contributed by atoms with van der Waals surface area (Å²) in [5.41, 5.74) is 4.74. The van der Waals surface area contributed by atoms with Crippen LogP contribution < -0.4 is 15.2 Å². The molecule has 130 valence electrons. The fourth-order valence-corrected chi connectivity index (χ4v) is 4.39. The summed E-state index contributed by atoms with van der Waals surface area (Å²) in [6, 6.07) is 3.48. The molecule has 1 aromatic rings. The van der Waals surface area contributed by atoms with Crippen LogP contribution in [0, 0.1) is 10.1 Å². The summed E-state index contributed by atoms with van der Waals surface area (Å²) in [6.45, 7) is 0.184. The second-order valence-electron chi connectivity index (χ2n) is 5.39. The highest BCUT2D eigenvalue weighted by Gasteiger charge is 2.38. The van der Waals surface area contributed by atoms with E-state index in [1.807, 2.05) is 0 Å². The number of sulfonamides is 1. The Labute approximate surface area is 141 Å². The fourth-order valence-electron chi connectivity index (χ4n) is 2.73. The van der Waals surface area contributed by atoms with Gasteiger partial charge in [0.05, 0.1) is 12.0 Å². The van der Waals surface area contributed by atoms with Crippen LogP contribution in [0.2, 0.25) is 0 Å². The number of methoxy groups -OCH3 is 1. The molecule has 23 heavy (non-hydrogen) atoms. The molecule has 1 saturated carbocycles. The van der Waals surface area contributed by atoms with Gasteiger partial charge in [-0.1, -0.05) is 12.8 Å². The largest absolute Gasteiger partial charge is 0.495 e. The zero-order valence-electron chi connectivity index (χ0n) is 12.6. The van der Waals surface area contributed by atoms with Gasteiger partial charge in [0.2, 0.25) is 10.0 Å². The number of nitrogens with zero attached hydrogens (tertiary/aromatic N) is 1. The van der Waals surface area contributed by atoms with Crippen LogP contribution in [0.25, 0.3) is 0 Å². The summed E-state index contributed by atoms with van der Waals surface area (Å²) in [6.07, 6.45) is 3.09. The fraction of sp³-hybridized carbons (Fsp3) is 0.538. The number of nitrogens with one attached hydrogen (secondary N) is 1. The van der Waals surface area contributed by atoms with Crippen molar-refractivity contribution >= 4 is 28.1 Å². The Balaban J connectivity index is 0.00000264. The molecular formula is C13H20ClN3O5S. The maximum Gasteiger partial charge on any atom is 0.271 e. The van der Waals surface area contributed by atoms with Crippen molar-refractivity contribution in [3.63, 3.8) is 0 Å². The van der Waals surface area contributed by atoms with Crippen LogP contribution in [0.5, 0.6) is 5.75 Å². The van der Waals surface area contributed by atoms with E-state index in [9.17, 15) is 18.5 Å². The molecule has 0 heterocycles. The molecule has 1 aliphatic rings. The topological polar surface area (TPSA) is 125 Å². The number of hydrogen-bond donors (Lipinski definition) is 2. The average Bonchev–Trinajstić information content (AvgIpc) is 2.94. The third-order valence-corrected chi connectivity index (χ3v) is 5.55. The second kappa shape index (κ2) is 7.43.